The summed E-state index contributed by atoms with van der Waals surface area (Å²) in [5.74, 6) is -1.13. The lowest BCUT2D eigenvalue weighted by Crippen LogP contribution is -2.37. The number of likely N-dealkylation sites (N-methyl/N-ethyl adjacent to an activating group) is 1. The zero-order valence-electron chi connectivity index (χ0n) is 16.9. The zero-order valence-corrected chi connectivity index (χ0v) is 17.8. The Labute approximate surface area is 170 Å². The largest absolute Gasteiger partial charge is 0.495 e. The Morgan fingerprint density at radius 2 is 1.62 bits per heavy atom. The van der Waals surface area contributed by atoms with Gasteiger partial charge in [-0.2, -0.15) is 0 Å². The van der Waals surface area contributed by atoms with Crippen LogP contribution in [0.3, 0.4) is 0 Å². The second-order valence-electron chi connectivity index (χ2n) is 6.43. The summed E-state index contributed by atoms with van der Waals surface area (Å²) in [6.07, 6.45) is -1.07. The molecular formula is C20H24N2O6S. The van der Waals surface area contributed by atoms with Gasteiger partial charge in [0.15, 0.2) is 6.10 Å². The first-order chi connectivity index (χ1) is 13.6. The molecule has 0 radical (unpaired) electrons. The minimum atomic E-state index is -3.84. The van der Waals surface area contributed by atoms with Crippen LogP contribution in [0.1, 0.15) is 17.3 Å². The van der Waals surface area contributed by atoms with E-state index < -0.39 is 28.0 Å². The lowest BCUT2D eigenvalue weighted by Gasteiger charge is -2.21. The van der Waals surface area contributed by atoms with Gasteiger partial charge in [-0.3, -0.25) is 4.79 Å². The van der Waals surface area contributed by atoms with Crippen molar-refractivity contribution in [3.05, 3.63) is 54.1 Å². The van der Waals surface area contributed by atoms with Crippen LogP contribution in [0.4, 0.5) is 5.69 Å². The molecule has 0 aliphatic carbocycles. The van der Waals surface area contributed by atoms with Crippen LogP contribution in [-0.4, -0.2) is 59.0 Å². The Morgan fingerprint density at radius 3 is 2.17 bits per heavy atom. The maximum absolute atomic E-state index is 12.6. The normalized spacial score (nSPS) is 12.3. The molecule has 0 bridgehead atoms. The fraction of sp³-hybridized carbons (Fsp3) is 0.300. The van der Waals surface area contributed by atoms with Crippen LogP contribution in [0, 0.1) is 0 Å². The lowest BCUT2D eigenvalue weighted by atomic mass is 10.2. The highest BCUT2D eigenvalue weighted by molar-refractivity contribution is 7.89. The molecule has 0 fully saturated rings. The van der Waals surface area contributed by atoms with E-state index in [9.17, 15) is 18.0 Å². The van der Waals surface area contributed by atoms with E-state index in [0.717, 1.165) is 4.31 Å². The van der Waals surface area contributed by atoms with Gasteiger partial charge in [-0.1, -0.05) is 18.2 Å². The molecule has 0 aromatic heterocycles. The molecule has 156 valence electrons. The standard InChI is InChI=1S/C20H24N2O6S/c1-14(19(23)22(4)16-9-7-6-8-10-16)28-20(24)15-11-12-17(27-5)18(13-15)29(25,26)21(2)3/h6-14H,1-5H3/t14-/m1/s1. The summed E-state index contributed by atoms with van der Waals surface area (Å²) in [5.41, 5.74) is 0.650. The van der Waals surface area contributed by atoms with Crippen LogP contribution in [0.15, 0.2) is 53.4 Å². The maximum atomic E-state index is 12.6. The molecule has 29 heavy (non-hydrogen) atoms. The summed E-state index contributed by atoms with van der Waals surface area (Å²) >= 11 is 0. The van der Waals surface area contributed by atoms with Crippen LogP contribution in [0.25, 0.3) is 0 Å². The molecule has 0 saturated heterocycles. The van der Waals surface area contributed by atoms with Gasteiger partial charge >= 0.3 is 5.97 Å². The Bertz CT molecular complexity index is 989. The summed E-state index contributed by atoms with van der Waals surface area (Å²) in [6.45, 7) is 1.46. The van der Waals surface area contributed by atoms with E-state index in [1.165, 1.54) is 51.2 Å². The quantitative estimate of drug-likeness (QED) is 0.637. The number of hydrogen-bond donors (Lipinski definition) is 0. The van der Waals surface area contributed by atoms with Gasteiger partial charge in [-0.05, 0) is 37.3 Å². The average Bonchev–Trinajstić information content (AvgIpc) is 2.72. The van der Waals surface area contributed by atoms with E-state index in [-0.39, 0.29) is 16.2 Å². The molecule has 2 rings (SSSR count). The smallest absolute Gasteiger partial charge is 0.338 e. The predicted molar refractivity (Wildman–Crippen MR) is 109 cm³/mol. The number of ether oxygens (including phenoxy) is 2. The minimum Gasteiger partial charge on any atom is -0.495 e. The van der Waals surface area contributed by atoms with Crippen LogP contribution in [0.2, 0.25) is 0 Å². The van der Waals surface area contributed by atoms with Crippen molar-refractivity contribution in [1.29, 1.82) is 0 Å². The van der Waals surface area contributed by atoms with Crippen molar-refractivity contribution < 1.29 is 27.5 Å². The van der Waals surface area contributed by atoms with Crippen LogP contribution < -0.4 is 9.64 Å². The Morgan fingerprint density at radius 1 is 1.00 bits per heavy atom. The van der Waals surface area contributed by atoms with Crippen molar-refractivity contribution in [3.63, 3.8) is 0 Å². The SMILES string of the molecule is COc1ccc(C(=O)O[C@H](C)C(=O)N(C)c2ccccc2)cc1S(=O)(=O)N(C)C. The third-order valence-electron chi connectivity index (χ3n) is 4.26. The highest BCUT2D eigenvalue weighted by Gasteiger charge is 2.27. The number of para-hydroxylation sites is 1. The molecule has 0 aliphatic rings. The molecule has 0 unspecified atom stereocenters. The molecule has 0 aliphatic heterocycles. The second kappa shape index (κ2) is 9.06. The first-order valence-electron chi connectivity index (χ1n) is 8.73. The van der Waals surface area contributed by atoms with Gasteiger partial charge in [0.1, 0.15) is 10.6 Å². The number of nitrogens with zero attached hydrogens (tertiary/aromatic N) is 2. The highest BCUT2D eigenvalue weighted by atomic mass is 32.2. The van der Waals surface area contributed by atoms with Crippen molar-refractivity contribution in [2.75, 3.05) is 33.2 Å². The van der Waals surface area contributed by atoms with Gasteiger partial charge in [0.2, 0.25) is 10.0 Å². The summed E-state index contributed by atoms with van der Waals surface area (Å²) in [7, 11) is 1.82. The number of methoxy groups -OCH3 is 1. The van der Waals surface area contributed by atoms with E-state index in [1.54, 1.807) is 31.3 Å². The van der Waals surface area contributed by atoms with E-state index in [2.05, 4.69) is 0 Å². The monoisotopic (exact) mass is 420 g/mol. The number of carbonyl (C=O) groups excluding carboxylic acids is 2. The topological polar surface area (TPSA) is 93.2 Å². The molecule has 1 atom stereocenters. The van der Waals surface area contributed by atoms with E-state index in [0.29, 0.717) is 5.69 Å². The number of hydrogen-bond acceptors (Lipinski definition) is 6. The summed E-state index contributed by atoms with van der Waals surface area (Å²) in [5, 5.41) is 0. The first kappa shape index (κ1) is 22.4. The van der Waals surface area contributed by atoms with Gasteiger partial charge in [-0.25, -0.2) is 17.5 Å². The molecule has 0 heterocycles. The number of sulfonamides is 1. The molecule has 9 heteroatoms. The molecule has 0 spiro atoms. The highest BCUT2D eigenvalue weighted by Crippen LogP contribution is 2.27. The van der Waals surface area contributed by atoms with E-state index in [1.807, 2.05) is 6.07 Å². The molecule has 0 saturated carbocycles. The fourth-order valence-corrected chi connectivity index (χ4v) is 3.61. The molecule has 2 aromatic carbocycles. The van der Waals surface area contributed by atoms with Gasteiger partial charge in [-0.15, -0.1) is 0 Å². The predicted octanol–water partition coefficient (Wildman–Crippen LogP) is 2.15. The van der Waals surface area contributed by atoms with Crippen molar-refractivity contribution in [3.8, 4) is 5.75 Å². The number of amides is 1. The molecule has 0 N–H and O–H groups in total. The molecule has 1 amide bonds. The average molecular weight is 420 g/mol. The lowest BCUT2D eigenvalue weighted by molar-refractivity contribution is -0.126. The molecule has 2 aromatic rings. The van der Waals surface area contributed by atoms with Crippen molar-refractivity contribution >= 4 is 27.6 Å². The number of benzene rings is 2. The van der Waals surface area contributed by atoms with Gasteiger partial charge in [0.25, 0.3) is 5.91 Å². The van der Waals surface area contributed by atoms with Gasteiger partial charge in [0, 0.05) is 26.8 Å². The third kappa shape index (κ3) is 4.93. The van der Waals surface area contributed by atoms with E-state index in [4.69, 9.17) is 9.47 Å². The van der Waals surface area contributed by atoms with Crippen molar-refractivity contribution in [1.82, 2.24) is 4.31 Å². The minimum absolute atomic E-state index is 0.00626. The number of anilines is 1. The Balaban J connectivity index is 2.23. The number of rotatable bonds is 7. The van der Waals surface area contributed by atoms with E-state index >= 15 is 0 Å². The number of carbonyl (C=O) groups is 2. The van der Waals surface area contributed by atoms with Crippen molar-refractivity contribution in [2.24, 2.45) is 0 Å². The summed E-state index contributed by atoms with van der Waals surface area (Å²) < 4.78 is 36.4. The van der Waals surface area contributed by atoms with Crippen LogP contribution in [-0.2, 0) is 19.6 Å². The molecule has 8 nitrogen and oxygen atoms in total. The maximum Gasteiger partial charge on any atom is 0.338 e. The summed E-state index contributed by atoms with van der Waals surface area (Å²) in [6, 6.07) is 12.9. The van der Waals surface area contributed by atoms with Gasteiger partial charge < -0.3 is 14.4 Å². The summed E-state index contributed by atoms with van der Waals surface area (Å²) in [4.78, 5) is 26.3. The third-order valence-corrected chi connectivity index (χ3v) is 6.10. The Kier molecular flexibility index (Phi) is 6.99. The second-order valence-corrected chi connectivity index (χ2v) is 8.55. The fourth-order valence-electron chi connectivity index (χ4n) is 2.53. The first-order valence-corrected chi connectivity index (χ1v) is 10.2. The molecular weight excluding hydrogens is 396 g/mol. The van der Waals surface area contributed by atoms with Gasteiger partial charge in [0.05, 0.1) is 12.7 Å². The Hall–Kier alpha value is -2.91. The van der Waals surface area contributed by atoms with Crippen molar-refractivity contribution in [2.45, 2.75) is 17.9 Å². The van der Waals surface area contributed by atoms with Crippen LogP contribution in [0.5, 0.6) is 5.75 Å². The zero-order chi connectivity index (χ0) is 21.8. The van der Waals surface area contributed by atoms with Crippen LogP contribution >= 0.6 is 0 Å². The number of esters is 1.